The predicted molar refractivity (Wildman–Crippen MR) is 66.1 cm³/mol. The van der Waals surface area contributed by atoms with Crippen molar-refractivity contribution in [3.63, 3.8) is 0 Å². The second-order valence-electron chi connectivity index (χ2n) is 4.21. The van der Waals surface area contributed by atoms with E-state index in [1.54, 1.807) is 14.0 Å². The summed E-state index contributed by atoms with van der Waals surface area (Å²) in [4.78, 5) is 25.2. The van der Waals surface area contributed by atoms with Gasteiger partial charge in [-0.3, -0.25) is 9.59 Å². The standard InChI is InChI=1S/C12H22N2O4/c1-3-18-11(15)9-14(7-8-17-2)12(16)10-5-4-6-13-10/h10,13H,3-9H2,1-2H3/t10-/m0/s1. The Balaban J connectivity index is 2.52. The molecule has 1 saturated heterocycles. The monoisotopic (exact) mass is 258 g/mol. The molecule has 1 aliphatic heterocycles. The van der Waals surface area contributed by atoms with Gasteiger partial charge in [0.2, 0.25) is 5.91 Å². The van der Waals surface area contributed by atoms with Crippen molar-refractivity contribution in [2.24, 2.45) is 0 Å². The van der Waals surface area contributed by atoms with Crippen molar-refractivity contribution in [1.29, 1.82) is 0 Å². The molecule has 1 N–H and O–H groups in total. The molecule has 6 nitrogen and oxygen atoms in total. The van der Waals surface area contributed by atoms with Crippen molar-refractivity contribution in [2.75, 3.05) is 40.0 Å². The van der Waals surface area contributed by atoms with E-state index in [1.807, 2.05) is 0 Å². The largest absolute Gasteiger partial charge is 0.465 e. The zero-order chi connectivity index (χ0) is 13.4. The maximum atomic E-state index is 12.2. The first-order valence-corrected chi connectivity index (χ1v) is 6.35. The lowest BCUT2D eigenvalue weighted by Crippen LogP contribution is -2.47. The topological polar surface area (TPSA) is 67.9 Å². The molecular weight excluding hydrogens is 236 g/mol. The highest BCUT2D eigenvalue weighted by atomic mass is 16.5. The van der Waals surface area contributed by atoms with Crippen LogP contribution in [0.5, 0.6) is 0 Å². The number of nitrogens with zero attached hydrogens (tertiary/aromatic N) is 1. The van der Waals surface area contributed by atoms with Crippen LogP contribution in [-0.4, -0.2) is 62.8 Å². The minimum Gasteiger partial charge on any atom is -0.465 e. The molecule has 6 heteroatoms. The van der Waals surface area contributed by atoms with Gasteiger partial charge in [-0.2, -0.15) is 0 Å². The zero-order valence-corrected chi connectivity index (χ0v) is 11.1. The molecule has 0 aromatic rings. The summed E-state index contributed by atoms with van der Waals surface area (Å²) in [6.45, 7) is 3.75. The average Bonchev–Trinajstić information content (AvgIpc) is 2.87. The first kappa shape index (κ1) is 14.9. The van der Waals surface area contributed by atoms with E-state index in [0.717, 1.165) is 19.4 Å². The molecule has 0 aromatic carbocycles. The summed E-state index contributed by atoms with van der Waals surface area (Å²) in [5.74, 6) is -0.419. The molecule has 1 aliphatic rings. The summed E-state index contributed by atoms with van der Waals surface area (Å²) >= 11 is 0. The van der Waals surface area contributed by atoms with Crippen LogP contribution < -0.4 is 5.32 Å². The minimum atomic E-state index is -0.375. The van der Waals surface area contributed by atoms with Crippen molar-refractivity contribution in [3.8, 4) is 0 Å². The van der Waals surface area contributed by atoms with Crippen LogP contribution in [0.4, 0.5) is 0 Å². The number of amides is 1. The minimum absolute atomic E-state index is 0.00574. The molecule has 0 bridgehead atoms. The Labute approximate surface area is 108 Å². The third-order valence-corrected chi connectivity index (χ3v) is 2.86. The van der Waals surface area contributed by atoms with Gasteiger partial charge in [-0.05, 0) is 26.3 Å². The van der Waals surface area contributed by atoms with Gasteiger partial charge in [-0.25, -0.2) is 0 Å². The number of rotatable bonds is 7. The Morgan fingerprint density at radius 1 is 1.44 bits per heavy atom. The summed E-state index contributed by atoms with van der Waals surface area (Å²) in [5.41, 5.74) is 0. The number of carbonyl (C=O) groups is 2. The molecule has 0 saturated carbocycles. The Bertz CT molecular complexity index is 277. The van der Waals surface area contributed by atoms with Crippen LogP contribution in [0.1, 0.15) is 19.8 Å². The van der Waals surface area contributed by atoms with Gasteiger partial charge in [-0.1, -0.05) is 0 Å². The van der Waals surface area contributed by atoms with Crippen LogP contribution in [0.2, 0.25) is 0 Å². The van der Waals surface area contributed by atoms with Crippen molar-refractivity contribution in [1.82, 2.24) is 10.2 Å². The Morgan fingerprint density at radius 3 is 2.78 bits per heavy atom. The fourth-order valence-electron chi connectivity index (χ4n) is 1.95. The number of hydrogen-bond acceptors (Lipinski definition) is 5. The summed E-state index contributed by atoms with van der Waals surface area (Å²) in [6.07, 6.45) is 1.82. The average molecular weight is 258 g/mol. The molecule has 1 rings (SSSR count). The van der Waals surface area contributed by atoms with E-state index in [4.69, 9.17) is 9.47 Å². The van der Waals surface area contributed by atoms with E-state index >= 15 is 0 Å². The van der Waals surface area contributed by atoms with Crippen molar-refractivity contribution >= 4 is 11.9 Å². The van der Waals surface area contributed by atoms with E-state index in [1.165, 1.54) is 4.90 Å². The van der Waals surface area contributed by atoms with Crippen LogP contribution in [0.25, 0.3) is 0 Å². The van der Waals surface area contributed by atoms with Gasteiger partial charge >= 0.3 is 5.97 Å². The summed E-state index contributed by atoms with van der Waals surface area (Å²) in [6, 6.07) is -0.170. The highest BCUT2D eigenvalue weighted by Crippen LogP contribution is 2.08. The molecule has 0 aliphatic carbocycles. The van der Waals surface area contributed by atoms with Crippen LogP contribution >= 0.6 is 0 Å². The fourth-order valence-corrected chi connectivity index (χ4v) is 1.95. The first-order valence-electron chi connectivity index (χ1n) is 6.35. The lowest BCUT2D eigenvalue weighted by molar-refractivity contribution is -0.149. The zero-order valence-electron chi connectivity index (χ0n) is 11.1. The van der Waals surface area contributed by atoms with Crippen LogP contribution in [0.15, 0.2) is 0 Å². The summed E-state index contributed by atoms with van der Waals surface area (Å²) in [7, 11) is 1.57. The Hall–Kier alpha value is -1.14. The van der Waals surface area contributed by atoms with Gasteiger partial charge < -0.3 is 19.7 Å². The molecule has 1 heterocycles. The van der Waals surface area contributed by atoms with Gasteiger partial charge in [0, 0.05) is 13.7 Å². The van der Waals surface area contributed by atoms with Gasteiger partial charge in [-0.15, -0.1) is 0 Å². The summed E-state index contributed by atoms with van der Waals surface area (Å²) in [5, 5.41) is 3.13. The second kappa shape index (κ2) is 8.05. The highest BCUT2D eigenvalue weighted by Gasteiger charge is 2.28. The van der Waals surface area contributed by atoms with E-state index in [2.05, 4.69) is 5.32 Å². The SMILES string of the molecule is CCOC(=O)CN(CCOC)C(=O)[C@@H]1CCCN1. The van der Waals surface area contributed by atoms with Crippen LogP contribution in [0.3, 0.4) is 0 Å². The molecule has 1 atom stereocenters. The third-order valence-electron chi connectivity index (χ3n) is 2.86. The predicted octanol–water partition coefficient (Wildman–Crippen LogP) is -0.223. The van der Waals surface area contributed by atoms with Crippen LogP contribution in [0, 0.1) is 0 Å². The molecule has 1 fully saturated rings. The normalized spacial score (nSPS) is 18.7. The van der Waals surface area contributed by atoms with Gasteiger partial charge in [0.1, 0.15) is 6.54 Å². The second-order valence-corrected chi connectivity index (χ2v) is 4.21. The van der Waals surface area contributed by atoms with Gasteiger partial charge in [0.15, 0.2) is 0 Å². The van der Waals surface area contributed by atoms with Crippen molar-refractivity contribution in [2.45, 2.75) is 25.8 Å². The number of esters is 1. The number of hydrogen-bond donors (Lipinski definition) is 1. The van der Waals surface area contributed by atoms with E-state index in [9.17, 15) is 9.59 Å². The molecular formula is C12H22N2O4. The lowest BCUT2D eigenvalue weighted by Gasteiger charge is -2.24. The van der Waals surface area contributed by atoms with Gasteiger partial charge in [0.05, 0.1) is 19.3 Å². The number of carbonyl (C=O) groups excluding carboxylic acids is 2. The molecule has 0 radical (unpaired) electrons. The molecule has 18 heavy (non-hydrogen) atoms. The van der Waals surface area contributed by atoms with Crippen molar-refractivity contribution in [3.05, 3.63) is 0 Å². The van der Waals surface area contributed by atoms with Crippen LogP contribution in [-0.2, 0) is 19.1 Å². The third kappa shape index (κ3) is 4.62. The van der Waals surface area contributed by atoms with E-state index < -0.39 is 0 Å². The summed E-state index contributed by atoms with van der Waals surface area (Å²) < 4.78 is 9.83. The maximum absolute atomic E-state index is 12.2. The fraction of sp³-hybridized carbons (Fsp3) is 0.833. The number of nitrogens with one attached hydrogen (secondary N) is 1. The molecule has 0 unspecified atom stereocenters. The molecule has 0 aromatic heterocycles. The van der Waals surface area contributed by atoms with Crippen molar-refractivity contribution < 1.29 is 19.1 Å². The highest BCUT2D eigenvalue weighted by molar-refractivity contribution is 5.86. The quantitative estimate of drug-likeness (QED) is 0.639. The lowest BCUT2D eigenvalue weighted by atomic mass is 10.2. The van der Waals surface area contributed by atoms with E-state index in [-0.39, 0.29) is 24.5 Å². The smallest absolute Gasteiger partial charge is 0.325 e. The number of methoxy groups -OCH3 is 1. The maximum Gasteiger partial charge on any atom is 0.325 e. The molecule has 104 valence electrons. The molecule has 0 spiro atoms. The Kier molecular flexibility index (Phi) is 6.67. The number of ether oxygens (including phenoxy) is 2. The molecule has 1 amide bonds. The Morgan fingerprint density at radius 2 is 2.22 bits per heavy atom. The van der Waals surface area contributed by atoms with E-state index in [0.29, 0.717) is 19.8 Å². The van der Waals surface area contributed by atoms with Gasteiger partial charge in [0.25, 0.3) is 0 Å². The first-order chi connectivity index (χ1) is 8.69.